The average molecular weight is 400 g/mol. The van der Waals surface area contributed by atoms with E-state index in [2.05, 4.69) is 46.1 Å². The smallest absolute Gasteiger partial charge is 0.278 e. The molecule has 1 aromatic heterocycles. The van der Waals surface area contributed by atoms with Crippen LogP contribution in [-0.2, 0) is 11.3 Å². The molecule has 2 aliphatic rings. The number of nitrogens with one attached hydrogen (secondary N) is 2. The maximum absolute atomic E-state index is 12.8. The van der Waals surface area contributed by atoms with Gasteiger partial charge in [-0.05, 0) is 25.5 Å². The van der Waals surface area contributed by atoms with E-state index in [1.165, 1.54) is 21.1 Å². The van der Waals surface area contributed by atoms with Crippen LogP contribution in [0.3, 0.4) is 0 Å². The maximum Gasteiger partial charge on any atom is 0.278 e. The number of benzene rings is 1. The summed E-state index contributed by atoms with van der Waals surface area (Å²) in [6.07, 6.45) is 0. The molecule has 3 heterocycles. The van der Waals surface area contributed by atoms with Gasteiger partial charge in [0.05, 0.1) is 52.4 Å². The van der Waals surface area contributed by atoms with E-state index in [-0.39, 0.29) is 0 Å². The molecular weight excluding hydrogens is 366 g/mol. The second-order valence-corrected chi connectivity index (χ2v) is 8.44. The Hall–Kier alpha value is -2.38. The highest BCUT2D eigenvalue weighted by Gasteiger charge is 2.29. The highest BCUT2D eigenvalue weighted by atomic mass is 16.5. The molecule has 7 nitrogen and oxygen atoms in total. The van der Waals surface area contributed by atoms with E-state index < -0.39 is 0 Å². The molecule has 156 valence electrons. The number of quaternary nitrogens is 2. The minimum absolute atomic E-state index is 0.306. The standard InChI is InChI=1S/C22H31N5O2/c1-18-5-3-4-6-21(18)26-11-7-25(8-12-26)17-22(28)27-13-9-24(10-14-27)16-20-15-19(2)29-23-20/h3-6,15H,7-14,16-17H2,1-2H3/p+2. The third-order valence-electron chi connectivity index (χ3n) is 6.26. The Balaban J connectivity index is 1.20. The third kappa shape index (κ3) is 4.97. The van der Waals surface area contributed by atoms with Crippen LogP contribution in [0.15, 0.2) is 34.9 Å². The Morgan fingerprint density at radius 3 is 2.38 bits per heavy atom. The molecule has 0 atom stereocenters. The highest BCUT2D eigenvalue weighted by Crippen LogP contribution is 2.18. The Morgan fingerprint density at radius 2 is 1.72 bits per heavy atom. The van der Waals surface area contributed by atoms with Crippen LogP contribution in [-0.4, -0.2) is 74.9 Å². The lowest BCUT2D eigenvalue weighted by Crippen LogP contribution is -3.16. The van der Waals surface area contributed by atoms with Crippen LogP contribution < -0.4 is 14.7 Å². The Kier molecular flexibility index (Phi) is 6.16. The van der Waals surface area contributed by atoms with Gasteiger partial charge in [0, 0.05) is 11.8 Å². The summed E-state index contributed by atoms with van der Waals surface area (Å²) in [7, 11) is 0. The van der Waals surface area contributed by atoms with E-state index in [1.807, 2.05) is 13.0 Å². The number of carbonyl (C=O) groups excluding carboxylic acids is 1. The van der Waals surface area contributed by atoms with E-state index >= 15 is 0 Å². The number of rotatable bonds is 5. The van der Waals surface area contributed by atoms with Gasteiger partial charge >= 0.3 is 0 Å². The molecule has 0 saturated carbocycles. The van der Waals surface area contributed by atoms with Gasteiger partial charge in [-0.25, -0.2) is 0 Å². The number of carbonyl (C=O) groups is 1. The van der Waals surface area contributed by atoms with Crippen LogP contribution in [0, 0.1) is 13.8 Å². The summed E-state index contributed by atoms with van der Waals surface area (Å²) < 4.78 is 5.16. The van der Waals surface area contributed by atoms with Crippen LogP contribution in [0.5, 0.6) is 0 Å². The summed E-state index contributed by atoms with van der Waals surface area (Å²) in [6.45, 7) is 13.3. The fourth-order valence-corrected chi connectivity index (χ4v) is 4.49. The predicted octanol–water partition coefficient (Wildman–Crippen LogP) is -1.08. The van der Waals surface area contributed by atoms with Crippen LogP contribution in [0.4, 0.5) is 5.69 Å². The topological polar surface area (TPSA) is 58.5 Å². The van der Waals surface area contributed by atoms with Crippen molar-refractivity contribution in [3.8, 4) is 0 Å². The van der Waals surface area contributed by atoms with E-state index in [1.54, 1.807) is 0 Å². The molecule has 2 aliphatic heterocycles. The van der Waals surface area contributed by atoms with Crippen LogP contribution in [0.25, 0.3) is 0 Å². The van der Waals surface area contributed by atoms with E-state index in [0.29, 0.717) is 12.5 Å². The summed E-state index contributed by atoms with van der Waals surface area (Å²) >= 11 is 0. The molecule has 1 amide bonds. The molecule has 0 spiro atoms. The van der Waals surface area contributed by atoms with Gasteiger partial charge < -0.3 is 24.1 Å². The summed E-state index contributed by atoms with van der Waals surface area (Å²) in [5.41, 5.74) is 3.67. The molecule has 4 rings (SSSR count). The number of amides is 1. The Morgan fingerprint density at radius 1 is 1.03 bits per heavy atom. The lowest BCUT2D eigenvalue weighted by atomic mass is 10.1. The molecule has 0 radical (unpaired) electrons. The van der Waals surface area contributed by atoms with Crippen LogP contribution in [0.1, 0.15) is 17.0 Å². The minimum Gasteiger partial charge on any atom is -0.361 e. The fraction of sp³-hybridized carbons (Fsp3) is 0.545. The van der Waals surface area contributed by atoms with E-state index in [4.69, 9.17) is 4.52 Å². The van der Waals surface area contributed by atoms with Crippen molar-refractivity contribution in [1.29, 1.82) is 0 Å². The molecule has 2 fully saturated rings. The van der Waals surface area contributed by atoms with E-state index in [0.717, 1.165) is 70.4 Å². The summed E-state index contributed by atoms with van der Waals surface area (Å²) in [5.74, 6) is 1.17. The van der Waals surface area contributed by atoms with Gasteiger partial charge in [0.2, 0.25) is 0 Å². The first-order chi connectivity index (χ1) is 14.1. The molecular formula is C22H33N5O2+2. The SMILES string of the molecule is Cc1cc(C[NH+]2CCN(C(=O)C[NH+]3CCN(c4ccccc4C)CC3)CC2)no1. The second kappa shape index (κ2) is 8.97. The number of nitrogens with zero attached hydrogens (tertiary/aromatic N) is 3. The number of para-hydroxylation sites is 1. The lowest BCUT2D eigenvalue weighted by molar-refractivity contribution is -0.918. The maximum atomic E-state index is 12.8. The summed E-state index contributed by atoms with van der Waals surface area (Å²) in [5, 5.41) is 4.09. The first-order valence-corrected chi connectivity index (χ1v) is 10.8. The molecule has 2 saturated heterocycles. The van der Waals surface area contributed by atoms with Crippen molar-refractivity contribution in [2.75, 3.05) is 63.8 Å². The zero-order chi connectivity index (χ0) is 20.2. The van der Waals surface area contributed by atoms with Crippen molar-refractivity contribution in [3.63, 3.8) is 0 Å². The quantitative estimate of drug-likeness (QED) is 0.672. The van der Waals surface area contributed by atoms with Crippen molar-refractivity contribution in [2.24, 2.45) is 0 Å². The third-order valence-corrected chi connectivity index (χ3v) is 6.26. The molecule has 2 aromatic rings. The van der Waals surface area contributed by atoms with Crippen molar-refractivity contribution in [2.45, 2.75) is 20.4 Å². The van der Waals surface area contributed by atoms with Crippen molar-refractivity contribution in [3.05, 3.63) is 47.3 Å². The number of piperazine rings is 2. The molecule has 0 aliphatic carbocycles. The summed E-state index contributed by atoms with van der Waals surface area (Å²) in [6, 6.07) is 10.6. The summed E-state index contributed by atoms with van der Waals surface area (Å²) in [4.78, 5) is 20.2. The molecule has 1 aromatic carbocycles. The molecule has 7 heteroatoms. The van der Waals surface area contributed by atoms with Gasteiger partial charge in [0.15, 0.2) is 6.54 Å². The van der Waals surface area contributed by atoms with Gasteiger partial charge in [-0.15, -0.1) is 0 Å². The first-order valence-electron chi connectivity index (χ1n) is 10.8. The van der Waals surface area contributed by atoms with Gasteiger partial charge in [-0.1, -0.05) is 23.4 Å². The monoisotopic (exact) mass is 399 g/mol. The number of aromatic nitrogens is 1. The van der Waals surface area contributed by atoms with Gasteiger partial charge in [-0.2, -0.15) is 0 Å². The normalized spacial score (nSPS) is 19.0. The second-order valence-electron chi connectivity index (χ2n) is 8.44. The van der Waals surface area contributed by atoms with Crippen LogP contribution >= 0.6 is 0 Å². The Labute approximate surface area is 172 Å². The minimum atomic E-state index is 0.306. The number of hydrogen-bond donors (Lipinski definition) is 2. The zero-order valence-electron chi connectivity index (χ0n) is 17.6. The number of aryl methyl sites for hydroxylation is 2. The van der Waals surface area contributed by atoms with E-state index in [9.17, 15) is 4.79 Å². The zero-order valence-corrected chi connectivity index (χ0v) is 17.6. The highest BCUT2D eigenvalue weighted by molar-refractivity contribution is 5.77. The van der Waals surface area contributed by atoms with Gasteiger partial charge in [0.25, 0.3) is 5.91 Å². The predicted molar refractivity (Wildman–Crippen MR) is 111 cm³/mol. The van der Waals surface area contributed by atoms with Crippen LogP contribution in [0.2, 0.25) is 0 Å². The Bertz CT molecular complexity index is 820. The lowest BCUT2D eigenvalue weighted by Gasteiger charge is -2.36. The molecule has 0 bridgehead atoms. The number of hydrogen-bond acceptors (Lipinski definition) is 4. The number of anilines is 1. The molecule has 29 heavy (non-hydrogen) atoms. The van der Waals surface area contributed by atoms with Crippen molar-refractivity contribution >= 4 is 11.6 Å². The van der Waals surface area contributed by atoms with Gasteiger partial charge in [0.1, 0.15) is 18.0 Å². The molecule has 0 unspecified atom stereocenters. The largest absolute Gasteiger partial charge is 0.361 e. The molecule has 2 N–H and O–H groups in total. The van der Waals surface area contributed by atoms with Crippen molar-refractivity contribution < 1.29 is 19.1 Å². The first kappa shape index (κ1) is 19.9. The average Bonchev–Trinajstić information content (AvgIpc) is 3.14. The van der Waals surface area contributed by atoms with Gasteiger partial charge in [-0.3, -0.25) is 4.79 Å². The fourth-order valence-electron chi connectivity index (χ4n) is 4.49. The van der Waals surface area contributed by atoms with Crippen molar-refractivity contribution in [1.82, 2.24) is 10.1 Å².